The van der Waals surface area contributed by atoms with Gasteiger partial charge in [-0.3, -0.25) is 4.79 Å². The van der Waals surface area contributed by atoms with Crippen LogP contribution in [0.25, 0.3) is 0 Å². The molecule has 2 aromatic carbocycles. The van der Waals surface area contributed by atoms with Crippen molar-refractivity contribution >= 4 is 5.91 Å². The lowest BCUT2D eigenvalue weighted by Crippen LogP contribution is -2.31. The van der Waals surface area contributed by atoms with E-state index in [9.17, 15) is 4.79 Å². The zero-order chi connectivity index (χ0) is 21.2. The number of carbonyl (C=O) groups is 1. The quantitative estimate of drug-likeness (QED) is 0.574. The van der Waals surface area contributed by atoms with Gasteiger partial charge in [-0.2, -0.15) is 0 Å². The van der Waals surface area contributed by atoms with Crippen LogP contribution in [0.1, 0.15) is 12.0 Å². The summed E-state index contributed by atoms with van der Waals surface area (Å²) in [7, 11) is 8.10. The SMILES string of the molecule is COc1ccc(OCCN(C)C(=O)CCc2ccc(OC)c(OC)c2OC)cc1. The molecule has 0 aliphatic heterocycles. The molecule has 0 aliphatic rings. The minimum atomic E-state index is 0.0279. The first-order valence-corrected chi connectivity index (χ1v) is 9.32. The first kappa shape index (κ1) is 22.2. The second-order valence-electron chi connectivity index (χ2n) is 6.33. The fraction of sp³-hybridized carbons (Fsp3) is 0.409. The average molecular weight is 403 g/mol. The molecule has 2 rings (SSSR count). The lowest BCUT2D eigenvalue weighted by Gasteiger charge is -2.19. The molecule has 0 saturated carbocycles. The van der Waals surface area contributed by atoms with Crippen LogP contribution in [0, 0.1) is 0 Å². The molecule has 0 spiro atoms. The minimum Gasteiger partial charge on any atom is -0.497 e. The van der Waals surface area contributed by atoms with E-state index in [1.165, 1.54) is 0 Å². The number of aryl methyl sites for hydroxylation is 1. The summed E-state index contributed by atoms with van der Waals surface area (Å²) in [6, 6.07) is 11.0. The van der Waals surface area contributed by atoms with E-state index in [0.29, 0.717) is 43.2 Å². The summed E-state index contributed by atoms with van der Waals surface area (Å²) in [5, 5.41) is 0. The Morgan fingerprint density at radius 3 is 2.07 bits per heavy atom. The van der Waals surface area contributed by atoms with Crippen molar-refractivity contribution in [2.45, 2.75) is 12.8 Å². The Morgan fingerprint density at radius 1 is 0.828 bits per heavy atom. The molecule has 158 valence electrons. The van der Waals surface area contributed by atoms with Crippen molar-refractivity contribution in [1.29, 1.82) is 0 Å². The van der Waals surface area contributed by atoms with Gasteiger partial charge in [0.1, 0.15) is 18.1 Å². The summed E-state index contributed by atoms with van der Waals surface area (Å²) in [5.41, 5.74) is 0.890. The molecule has 0 bridgehead atoms. The fourth-order valence-corrected chi connectivity index (χ4v) is 2.89. The first-order chi connectivity index (χ1) is 14.0. The normalized spacial score (nSPS) is 10.2. The van der Waals surface area contributed by atoms with Crippen LogP contribution in [-0.2, 0) is 11.2 Å². The highest BCUT2D eigenvalue weighted by Crippen LogP contribution is 2.40. The number of amides is 1. The number of methoxy groups -OCH3 is 4. The van der Waals surface area contributed by atoms with Gasteiger partial charge in [-0.25, -0.2) is 0 Å². The third kappa shape index (κ3) is 5.94. The van der Waals surface area contributed by atoms with E-state index < -0.39 is 0 Å². The predicted molar refractivity (Wildman–Crippen MR) is 111 cm³/mol. The summed E-state index contributed by atoms with van der Waals surface area (Å²) in [6.45, 7) is 0.905. The van der Waals surface area contributed by atoms with Gasteiger partial charge in [-0.1, -0.05) is 6.07 Å². The number of hydrogen-bond acceptors (Lipinski definition) is 6. The molecule has 0 aliphatic carbocycles. The zero-order valence-electron chi connectivity index (χ0n) is 17.7. The van der Waals surface area contributed by atoms with Gasteiger partial charge in [-0.05, 0) is 42.3 Å². The van der Waals surface area contributed by atoms with Crippen LogP contribution in [0.4, 0.5) is 0 Å². The Balaban J connectivity index is 1.86. The van der Waals surface area contributed by atoms with E-state index >= 15 is 0 Å². The van der Waals surface area contributed by atoms with Gasteiger partial charge < -0.3 is 28.6 Å². The summed E-state index contributed by atoms with van der Waals surface area (Å²) >= 11 is 0. The number of likely N-dealkylation sites (N-methyl/N-ethyl adjacent to an activating group) is 1. The highest BCUT2D eigenvalue weighted by atomic mass is 16.5. The molecule has 7 nitrogen and oxygen atoms in total. The fourth-order valence-electron chi connectivity index (χ4n) is 2.89. The minimum absolute atomic E-state index is 0.0279. The molecular weight excluding hydrogens is 374 g/mol. The molecule has 1 amide bonds. The molecule has 0 radical (unpaired) electrons. The maximum atomic E-state index is 12.5. The van der Waals surface area contributed by atoms with Crippen LogP contribution in [-0.4, -0.2) is 59.4 Å². The summed E-state index contributed by atoms with van der Waals surface area (Å²) in [5.74, 6) is 3.25. The smallest absolute Gasteiger partial charge is 0.222 e. The monoisotopic (exact) mass is 403 g/mol. The summed E-state index contributed by atoms with van der Waals surface area (Å²) in [6.07, 6.45) is 0.886. The number of hydrogen-bond donors (Lipinski definition) is 0. The maximum absolute atomic E-state index is 12.5. The Kier molecular flexibility index (Phi) is 8.45. The van der Waals surface area contributed by atoms with Crippen LogP contribution in [0.15, 0.2) is 36.4 Å². The number of carbonyl (C=O) groups excluding carboxylic acids is 1. The maximum Gasteiger partial charge on any atom is 0.222 e. The second-order valence-corrected chi connectivity index (χ2v) is 6.33. The molecule has 7 heteroatoms. The van der Waals surface area contributed by atoms with E-state index in [1.54, 1.807) is 40.4 Å². The van der Waals surface area contributed by atoms with Crippen LogP contribution in [0.3, 0.4) is 0 Å². The molecule has 0 N–H and O–H groups in total. The predicted octanol–water partition coefficient (Wildman–Crippen LogP) is 3.19. The van der Waals surface area contributed by atoms with Crippen LogP contribution >= 0.6 is 0 Å². The van der Waals surface area contributed by atoms with Crippen molar-refractivity contribution in [3.8, 4) is 28.7 Å². The van der Waals surface area contributed by atoms with Crippen LogP contribution in [0.2, 0.25) is 0 Å². The first-order valence-electron chi connectivity index (χ1n) is 9.32. The van der Waals surface area contributed by atoms with Gasteiger partial charge >= 0.3 is 0 Å². The third-order valence-electron chi connectivity index (χ3n) is 4.57. The topological polar surface area (TPSA) is 66.5 Å². The van der Waals surface area contributed by atoms with Gasteiger partial charge in [-0.15, -0.1) is 0 Å². The van der Waals surface area contributed by atoms with Crippen molar-refractivity contribution in [3.05, 3.63) is 42.0 Å². The van der Waals surface area contributed by atoms with Gasteiger partial charge in [0.25, 0.3) is 0 Å². The van der Waals surface area contributed by atoms with E-state index in [1.807, 2.05) is 36.4 Å². The largest absolute Gasteiger partial charge is 0.497 e. The van der Waals surface area contributed by atoms with Crippen molar-refractivity contribution in [2.75, 3.05) is 48.6 Å². The van der Waals surface area contributed by atoms with Crippen LogP contribution < -0.4 is 23.7 Å². The highest BCUT2D eigenvalue weighted by molar-refractivity contribution is 5.76. The summed E-state index contributed by atoms with van der Waals surface area (Å²) in [4.78, 5) is 14.1. The number of ether oxygens (including phenoxy) is 5. The Morgan fingerprint density at radius 2 is 1.48 bits per heavy atom. The molecule has 0 fully saturated rings. The number of nitrogens with zero attached hydrogens (tertiary/aromatic N) is 1. The lowest BCUT2D eigenvalue weighted by atomic mass is 10.1. The zero-order valence-corrected chi connectivity index (χ0v) is 17.7. The second kappa shape index (κ2) is 11.0. The molecular formula is C22H29NO6. The molecule has 0 saturated heterocycles. The number of rotatable bonds is 11. The van der Waals surface area contributed by atoms with Gasteiger partial charge in [0.2, 0.25) is 11.7 Å². The van der Waals surface area contributed by atoms with Crippen LogP contribution in [0.5, 0.6) is 28.7 Å². The Hall–Kier alpha value is -3.09. The molecule has 0 aromatic heterocycles. The van der Waals surface area contributed by atoms with Crippen molar-refractivity contribution in [3.63, 3.8) is 0 Å². The van der Waals surface area contributed by atoms with Crippen molar-refractivity contribution < 1.29 is 28.5 Å². The molecule has 0 atom stereocenters. The molecule has 2 aromatic rings. The molecule has 0 heterocycles. The van der Waals surface area contributed by atoms with E-state index in [2.05, 4.69) is 0 Å². The standard InChI is InChI=1S/C22H29NO6/c1-23(14-15-29-18-10-8-17(25-2)9-11-18)20(24)13-7-16-6-12-19(26-3)22(28-5)21(16)27-4/h6,8-12H,7,13-15H2,1-5H3. The van der Waals surface area contributed by atoms with E-state index in [-0.39, 0.29) is 5.91 Å². The Labute approximate surface area is 172 Å². The highest BCUT2D eigenvalue weighted by Gasteiger charge is 2.17. The van der Waals surface area contributed by atoms with E-state index in [4.69, 9.17) is 23.7 Å². The Bertz CT molecular complexity index is 791. The summed E-state index contributed by atoms with van der Waals surface area (Å²) < 4.78 is 27.0. The van der Waals surface area contributed by atoms with E-state index in [0.717, 1.165) is 17.1 Å². The van der Waals surface area contributed by atoms with Gasteiger partial charge in [0.05, 0.1) is 35.0 Å². The van der Waals surface area contributed by atoms with Gasteiger partial charge in [0.15, 0.2) is 11.5 Å². The molecule has 0 unspecified atom stereocenters. The lowest BCUT2D eigenvalue weighted by molar-refractivity contribution is -0.130. The number of benzene rings is 2. The van der Waals surface area contributed by atoms with Crippen molar-refractivity contribution in [2.24, 2.45) is 0 Å². The third-order valence-corrected chi connectivity index (χ3v) is 4.57. The average Bonchev–Trinajstić information content (AvgIpc) is 2.76. The molecule has 29 heavy (non-hydrogen) atoms. The van der Waals surface area contributed by atoms with Gasteiger partial charge in [0, 0.05) is 13.5 Å². The van der Waals surface area contributed by atoms with Crippen molar-refractivity contribution in [1.82, 2.24) is 4.90 Å².